The van der Waals surface area contributed by atoms with Crippen molar-refractivity contribution < 1.29 is 28.8 Å². The standard InChI is InChI=1S/C22H18N4O7/c1-32-19-11-16(5-6-18(19)25-20(27)13-4-3-7-23-12-13)24-21(28)14-8-15(22(29)33-2)10-17(9-14)26(30)31/h3-12H,1-2H3,(H,24,28)(H,25,27). The molecule has 0 bridgehead atoms. The van der Waals surface area contributed by atoms with Crippen molar-refractivity contribution in [3.63, 3.8) is 0 Å². The first-order valence-corrected chi connectivity index (χ1v) is 9.41. The second-order valence-corrected chi connectivity index (χ2v) is 6.58. The third-order valence-corrected chi connectivity index (χ3v) is 4.44. The van der Waals surface area contributed by atoms with Gasteiger partial charge in [-0.2, -0.15) is 0 Å². The van der Waals surface area contributed by atoms with Crippen molar-refractivity contribution >= 4 is 34.8 Å². The molecule has 11 nitrogen and oxygen atoms in total. The number of anilines is 2. The summed E-state index contributed by atoms with van der Waals surface area (Å²) in [6, 6.07) is 11.0. The van der Waals surface area contributed by atoms with E-state index in [1.54, 1.807) is 18.3 Å². The number of carbonyl (C=O) groups excluding carboxylic acids is 3. The number of nitro groups is 1. The molecule has 33 heavy (non-hydrogen) atoms. The molecular formula is C22H18N4O7. The third-order valence-electron chi connectivity index (χ3n) is 4.44. The van der Waals surface area contributed by atoms with Crippen LogP contribution in [0.5, 0.6) is 5.75 Å². The molecule has 168 valence electrons. The predicted molar refractivity (Wildman–Crippen MR) is 118 cm³/mol. The fourth-order valence-electron chi connectivity index (χ4n) is 2.85. The van der Waals surface area contributed by atoms with E-state index in [-0.39, 0.29) is 16.9 Å². The third kappa shape index (κ3) is 5.47. The molecule has 2 N–H and O–H groups in total. The van der Waals surface area contributed by atoms with Gasteiger partial charge in [0.2, 0.25) is 0 Å². The number of pyridine rings is 1. The predicted octanol–water partition coefficient (Wildman–Crippen LogP) is 3.29. The van der Waals surface area contributed by atoms with Crippen LogP contribution in [0.1, 0.15) is 31.1 Å². The molecule has 0 aliphatic carbocycles. The first kappa shape index (κ1) is 22.9. The number of hydrogen-bond donors (Lipinski definition) is 2. The van der Waals surface area contributed by atoms with Crippen LogP contribution in [0.15, 0.2) is 60.9 Å². The summed E-state index contributed by atoms with van der Waals surface area (Å²) in [6.07, 6.45) is 2.96. The van der Waals surface area contributed by atoms with Gasteiger partial charge in [0.15, 0.2) is 0 Å². The highest BCUT2D eigenvalue weighted by Gasteiger charge is 2.19. The van der Waals surface area contributed by atoms with Gasteiger partial charge in [0.25, 0.3) is 17.5 Å². The highest BCUT2D eigenvalue weighted by atomic mass is 16.6. The van der Waals surface area contributed by atoms with E-state index in [4.69, 9.17) is 4.74 Å². The van der Waals surface area contributed by atoms with Gasteiger partial charge in [-0.25, -0.2) is 4.79 Å². The van der Waals surface area contributed by atoms with E-state index in [1.165, 1.54) is 37.6 Å². The van der Waals surface area contributed by atoms with Crippen LogP contribution in [0, 0.1) is 10.1 Å². The molecule has 0 saturated carbocycles. The lowest BCUT2D eigenvalue weighted by Gasteiger charge is -2.13. The zero-order valence-electron chi connectivity index (χ0n) is 17.5. The van der Waals surface area contributed by atoms with Gasteiger partial charge in [-0.3, -0.25) is 24.7 Å². The van der Waals surface area contributed by atoms with Crippen LogP contribution < -0.4 is 15.4 Å². The zero-order valence-corrected chi connectivity index (χ0v) is 17.5. The van der Waals surface area contributed by atoms with Crippen molar-refractivity contribution in [2.75, 3.05) is 24.9 Å². The fourth-order valence-corrected chi connectivity index (χ4v) is 2.85. The zero-order chi connectivity index (χ0) is 24.0. The molecule has 3 rings (SSSR count). The van der Waals surface area contributed by atoms with Gasteiger partial charge in [0, 0.05) is 41.8 Å². The molecule has 11 heteroatoms. The van der Waals surface area contributed by atoms with Crippen molar-refractivity contribution in [3.05, 3.63) is 87.7 Å². The highest BCUT2D eigenvalue weighted by Crippen LogP contribution is 2.29. The number of non-ortho nitro benzene ring substituents is 1. The molecule has 0 spiro atoms. The first-order valence-electron chi connectivity index (χ1n) is 9.41. The minimum absolute atomic E-state index is 0.113. The summed E-state index contributed by atoms with van der Waals surface area (Å²) < 4.78 is 9.88. The van der Waals surface area contributed by atoms with E-state index in [0.29, 0.717) is 16.9 Å². The van der Waals surface area contributed by atoms with Crippen LogP contribution in [-0.2, 0) is 4.74 Å². The Morgan fingerprint density at radius 1 is 0.939 bits per heavy atom. The van der Waals surface area contributed by atoms with Gasteiger partial charge in [0.05, 0.1) is 36.0 Å². The van der Waals surface area contributed by atoms with Gasteiger partial charge >= 0.3 is 5.97 Å². The number of rotatable bonds is 7. The van der Waals surface area contributed by atoms with Gasteiger partial charge in [-0.15, -0.1) is 0 Å². The maximum Gasteiger partial charge on any atom is 0.338 e. The lowest BCUT2D eigenvalue weighted by atomic mass is 10.1. The number of ether oxygens (including phenoxy) is 2. The minimum Gasteiger partial charge on any atom is -0.494 e. The Morgan fingerprint density at radius 2 is 1.67 bits per heavy atom. The van der Waals surface area contributed by atoms with E-state index in [0.717, 1.165) is 19.2 Å². The number of nitrogens with zero attached hydrogens (tertiary/aromatic N) is 2. The number of methoxy groups -OCH3 is 2. The maximum absolute atomic E-state index is 12.7. The summed E-state index contributed by atoms with van der Waals surface area (Å²) in [5, 5.41) is 16.4. The number of benzene rings is 2. The molecule has 0 unspecified atom stereocenters. The van der Waals surface area contributed by atoms with Crippen molar-refractivity contribution in [1.29, 1.82) is 0 Å². The van der Waals surface area contributed by atoms with Crippen molar-refractivity contribution in [2.45, 2.75) is 0 Å². The molecule has 1 heterocycles. The van der Waals surface area contributed by atoms with Gasteiger partial charge in [-0.1, -0.05) is 0 Å². The smallest absolute Gasteiger partial charge is 0.338 e. The van der Waals surface area contributed by atoms with Crippen LogP contribution >= 0.6 is 0 Å². The summed E-state index contributed by atoms with van der Waals surface area (Å²) in [5.41, 5.74) is 0.313. The molecule has 2 aromatic carbocycles. The second kappa shape index (κ2) is 10.0. The number of nitrogens with one attached hydrogen (secondary N) is 2. The summed E-state index contributed by atoms with van der Waals surface area (Å²) >= 11 is 0. The van der Waals surface area contributed by atoms with E-state index in [2.05, 4.69) is 20.4 Å². The molecule has 0 atom stereocenters. The Kier molecular flexibility index (Phi) is 6.94. The Hall–Kier alpha value is -4.80. The lowest BCUT2D eigenvalue weighted by molar-refractivity contribution is -0.384. The number of aromatic nitrogens is 1. The minimum atomic E-state index is -0.817. The number of amides is 2. The largest absolute Gasteiger partial charge is 0.494 e. The number of esters is 1. The number of nitro benzene ring substituents is 1. The van der Waals surface area contributed by atoms with Gasteiger partial charge < -0.3 is 20.1 Å². The SMILES string of the molecule is COC(=O)c1cc(C(=O)Nc2ccc(NC(=O)c3cccnc3)c(OC)c2)cc([N+](=O)[O-])c1. The molecular weight excluding hydrogens is 432 g/mol. The highest BCUT2D eigenvalue weighted by molar-refractivity contribution is 6.07. The summed E-state index contributed by atoms with van der Waals surface area (Å²) in [7, 11) is 2.52. The Bertz CT molecular complexity index is 1230. The first-order chi connectivity index (χ1) is 15.8. The quantitative estimate of drug-likeness (QED) is 0.316. The van der Waals surface area contributed by atoms with Crippen molar-refractivity contribution in [2.24, 2.45) is 0 Å². The van der Waals surface area contributed by atoms with Crippen LogP contribution in [0.2, 0.25) is 0 Å². The number of hydrogen-bond acceptors (Lipinski definition) is 8. The second-order valence-electron chi connectivity index (χ2n) is 6.58. The van der Waals surface area contributed by atoms with E-state index >= 15 is 0 Å². The molecule has 0 aliphatic rings. The van der Waals surface area contributed by atoms with Crippen LogP contribution in [0.25, 0.3) is 0 Å². The molecule has 0 radical (unpaired) electrons. The summed E-state index contributed by atoms with van der Waals surface area (Å²) in [5.74, 6) is -1.65. The molecule has 2 amide bonds. The Labute approximate surface area is 187 Å². The molecule has 3 aromatic rings. The molecule has 0 saturated heterocycles. The fraction of sp³-hybridized carbons (Fsp3) is 0.0909. The Morgan fingerprint density at radius 3 is 2.30 bits per heavy atom. The molecule has 0 fully saturated rings. The van der Waals surface area contributed by atoms with Gasteiger partial charge in [0.1, 0.15) is 5.75 Å². The normalized spacial score (nSPS) is 10.1. The summed E-state index contributed by atoms with van der Waals surface area (Å²) in [6.45, 7) is 0. The van der Waals surface area contributed by atoms with E-state index < -0.39 is 28.4 Å². The number of carbonyl (C=O) groups is 3. The maximum atomic E-state index is 12.7. The van der Waals surface area contributed by atoms with Gasteiger partial charge in [-0.05, 0) is 30.3 Å². The van der Waals surface area contributed by atoms with E-state index in [9.17, 15) is 24.5 Å². The monoisotopic (exact) mass is 450 g/mol. The lowest BCUT2D eigenvalue weighted by Crippen LogP contribution is -2.15. The van der Waals surface area contributed by atoms with Crippen molar-refractivity contribution in [1.82, 2.24) is 4.98 Å². The van der Waals surface area contributed by atoms with Crippen LogP contribution in [0.3, 0.4) is 0 Å². The average molecular weight is 450 g/mol. The topological polar surface area (TPSA) is 150 Å². The van der Waals surface area contributed by atoms with Crippen molar-refractivity contribution in [3.8, 4) is 5.75 Å². The molecule has 1 aromatic heterocycles. The van der Waals surface area contributed by atoms with E-state index in [1.807, 2.05) is 0 Å². The summed E-state index contributed by atoms with van der Waals surface area (Å²) in [4.78, 5) is 51.2. The van der Waals surface area contributed by atoms with Crippen LogP contribution in [0.4, 0.5) is 17.1 Å². The molecule has 0 aliphatic heterocycles. The average Bonchev–Trinajstić information content (AvgIpc) is 2.84. The Balaban J connectivity index is 1.83. The van der Waals surface area contributed by atoms with Crippen LogP contribution in [-0.4, -0.2) is 41.9 Å².